The molecule has 2 aromatic rings. The summed E-state index contributed by atoms with van der Waals surface area (Å²) in [6.45, 7) is 1.67. The second-order valence-corrected chi connectivity index (χ2v) is 5.41. The van der Waals surface area contributed by atoms with E-state index in [9.17, 15) is 19.7 Å². The van der Waals surface area contributed by atoms with E-state index in [4.69, 9.17) is 4.74 Å². The highest BCUT2D eigenvalue weighted by Crippen LogP contribution is 2.19. The van der Waals surface area contributed by atoms with Crippen LogP contribution in [0.1, 0.15) is 24.0 Å². The summed E-state index contributed by atoms with van der Waals surface area (Å²) in [5.74, 6) is -0.880. The maximum Gasteiger partial charge on any atom is 0.306 e. The van der Waals surface area contributed by atoms with E-state index in [-0.39, 0.29) is 31.0 Å². The summed E-state index contributed by atoms with van der Waals surface area (Å²) in [6.07, 6.45) is -0.123. The van der Waals surface area contributed by atoms with Gasteiger partial charge < -0.3 is 10.1 Å². The molecule has 0 heterocycles. The van der Waals surface area contributed by atoms with E-state index in [2.05, 4.69) is 5.32 Å². The predicted molar refractivity (Wildman–Crippen MR) is 91.9 cm³/mol. The fourth-order valence-corrected chi connectivity index (χ4v) is 2.18. The highest BCUT2D eigenvalue weighted by Gasteiger charge is 2.15. The van der Waals surface area contributed by atoms with Crippen molar-refractivity contribution < 1.29 is 19.2 Å². The predicted octanol–water partition coefficient (Wildman–Crippen LogP) is 3.37. The number of amides is 1. The first-order chi connectivity index (χ1) is 12.0. The Hall–Kier alpha value is -3.22. The van der Waals surface area contributed by atoms with Gasteiger partial charge in [-0.3, -0.25) is 19.7 Å². The van der Waals surface area contributed by atoms with Crippen LogP contribution in [0.3, 0.4) is 0 Å². The zero-order valence-corrected chi connectivity index (χ0v) is 13.7. The highest BCUT2D eigenvalue weighted by molar-refractivity contribution is 5.93. The number of esters is 1. The number of aryl methyl sites for hydroxylation is 1. The Balaban J connectivity index is 1.80. The maximum absolute atomic E-state index is 11.9. The number of ether oxygens (including phenoxy) is 1. The second kappa shape index (κ2) is 8.58. The Morgan fingerprint density at radius 1 is 1.08 bits per heavy atom. The minimum absolute atomic E-state index is 0.0238. The first-order valence-corrected chi connectivity index (χ1v) is 7.71. The number of carbonyl (C=O) groups is 2. The third-order valence-corrected chi connectivity index (χ3v) is 3.55. The minimum Gasteiger partial charge on any atom is -0.461 e. The number of para-hydroxylation sites is 2. The quantitative estimate of drug-likeness (QED) is 0.472. The molecule has 1 N–H and O–H groups in total. The summed E-state index contributed by atoms with van der Waals surface area (Å²) in [5, 5.41) is 13.6. The van der Waals surface area contributed by atoms with Crippen molar-refractivity contribution in [3.05, 3.63) is 69.8 Å². The molecule has 0 radical (unpaired) electrons. The molecule has 0 fully saturated rings. The fraction of sp³-hybridized carbons (Fsp3) is 0.222. The van der Waals surface area contributed by atoms with Gasteiger partial charge >= 0.3 is 5.97 Å². The van der Waals surface area contributed by atoms with Crippen LogP contribution in [-0.2, 0) is 20.9 Å². The molecule has 2 rings (SSSR count). The van der Waals surface area contributed by atoms with E-state index >= 15 is 0 Å². The molecule has 0 aliphatic carbocycles. The number of nitrogens with one attached hydrogen (secondary N) is 1. The van der Waals surface area contributed by atoms with Crippen molar-refractivity contribution in [1.82, 2.24) is 0 Å². The van der Waals surface area contributed by atoms with Crippen molar-refractivity contribution in [2.45, 2.75) is 26.4 Å². The first-order valence-electron chi connectivity index (χ1n) is 7.71. The monoisotopic (exact) mass is 342 g/mol. The van der Waals surface area contributed by atoms with Gasteiger partial charge in [0.25, 0.3) is 5.69 Å². The second-order valence-electron chi connectivity index (χ2n) is 5.41. The molecule has 0 atom stereocenters. The molecule has 25 heavy (non-hydrogen) atoms. The number of hydrogen-bond donors (Lipinski definition) is 1. The van der Waals surface area contributed by atoms with E-state index in [1.54, 1.807) is 18.2 Å². The van der Waals surface area contributed by atoms with Gasteiger partial charge in [0, 0.05) is 18.2 Å². The van der Waals surface area contributed by atoms with Crippen molar-refractivity contribution in [3.63, 3.8) is 0 Å². The Morgan fingerprint density at radius 2 is 1.76 bits per heavy atom. The zero-order chi connectivity index (χ0) is 18.2. The Bertz CT molecular complexity index is 789. The standard InChI is InChI=1S/C18H18N2O5/c1-13-6-2-4-8-15(13)19-17(21)10-11-18(22)25-12-14-7-3-5-9-16(14)20(23)24/h2-9H,10-12H2,1H3,(H,19,21). The topological polar surface area (TPSA) is 98.5 Å². The van der Waals surface area contributed by atoms with Crippen molar-refractivity contribution in [3.8, 4) is 0 Å². The molecule has 0 spiro atoms. The third kappa shape index (κ3) is 5.42. The first kappa shape index (κ1) is 18.1. The van der Waals surface area contributed by atoms with Crippen LogP contribution in [0.2, 0.25) is 0 Å². The molecular formula is C18H18N2O5. The number of hydrogen-bond acceptors (Lipinski definition) is 5. The van der Waals surface area contributed by atoms with Crippen LogP contribution >= 0.6 is 0 Å². The third-order valence-electron chi connectivity index (χ3n) is 3.55. The molecule has 1 amide bonds. The minimum atomic E-state index is -0.585. The van der Waals surface area contributed by atoms with Crippen LogP contribution in [0.4, 0.5) is 11.4 Å². The van der Waals surface area contributed by atoms with E-state index in [0.717, 1.165) is 5.56 Å². The van der Waals surface area contributed by atoms with Crippen molar-refractivity contribution >= 4 is 23.3 Å². The van der Waals surface area contributed by atoms with Gasteiger partial charge in [-0.15, -0.1) is 0 Å². The van der Waals surface area contributed by atoms with Gasteiger partial charge in [0.2, 0.25) is 5.91 Å². The van der Waals surface area contributed by atoms with Gasteiger partial charge in [-0.25, -0.2) is 0 Å². The van der Waals surface area contributed by atoms with Crippen LogP contribution in [0.15, 0.2) is 48.5 Å². The molecule has 2 aromatic carbocycles. The normalized spacial score (nSPS) is 10.1. The fourth-order valence-electron chi connectivity index (χ4n) is 2.18. The van der Waals surface area contributed by atoms with E-state index in [0.29, 0.717) is 11.3 Å². The van der Waals surface area contributed by atoms with Gasteiger partial charge in [0.1, 0.15) is 6.61 Å². The summed E-state index contributed by atoms with van der Waals surface area (Å²) in [5.41, 5.74) is 1.83. The molecule has 7 heteroatoms. The zero-order valence-electron chi connectivity index (χ0n) is 13.7. The Labute approximate surface area is 144 Å². The van der Waals surface area contributed by atoms with E-state index in [1.807, 2.05) is 25.1 Å². The number of nitro benzene ring substituents is 1. The van der Waals surface area contributed by atoms with E-state index in [1.165, 1.54) is 12.1 Å². The van der Waals surface area contributed by atoms with Gasteiger partial charge in [0.15, 0.2) is 0 Å². The molecule has 0 aliphatic rings. The summed E-state index contributed by atoms with van der Waals surface area (Å²) in [4.78, 5) is 34.0. The van der Waals surface area contributed by atoms with Gasteiger partial charge in [-0.1, -0.05) is 30.3 Å². The molecule has 0 saturated heterocycles. The molecule has 0 bridgehead atoms. The SMILES string of the molecule is Cc1ccccc1NC(=O)CCC(=O)OCc1ccccc1[N+](=O)[O-]. The number of rotatable bonds is 7. The number of carbonyl (C=O) groups excluding carboxylic acids is 2. The van der Waals surface area contributed by atoms with Crippen LogP contribution in [0.5, 0.6) is 0 Å². The molecule has 0 aliphatic heterocycles. The smallest absolute Gasteiger partial charge is 0.306 e. The summed E-state index contributed by atoms with van der Waals surface area (Å²) in [6, 6.07) is 13.4. The molecule has 130 valence electrons. The number of anilines is 1. The van der Waals surface area contributed by atoms with Crippen molar-refractivity contribution in [2.75, 3.05) is 5.32 Å². The average molecular weight is 342 g/mol. The summed E-state index contributed by atoms with van der Waals surface area (Å²) in [7, 11) is 0. The summed E-state index contributed by atoms with van der Waals surface area (Å²) >= 11 is 0. The van der Waals surface area contributed by atoms with Crippen molar-refractivity contribution in [1.29, 1.82) is 0 Å². The van der Waals surface area contributed by atoms with E-state index < -0.39 is 10.9 Å². The molecular weight excluding hydrogens is 324 g/mol. The van der Waals surface area contributed by atoms with Gasteiger partial charge in [-0.05, 0) is 24.6 Å². The van der Waals surface area contributed by atoms with Gasteiger partial charge in [0.05, 0.1) is 16.9 Å². The highest BCUT2D eigenvalue weighted by atomic mass is 16.6. The van der Waals surface area contributed by atoms with Crippen LogP contribution in [0.25, 0.3) is 0 Å². The molecule has 0 saturated carbocycles. The maximum atomic E-state index is 11.9. The Kier molecular flexibility index (Phi) is 6.22. The van der Waals surface area contributed by atoms with Crippen LogP contribution in [-0.4, -0.2) is 16.8 Å². The lowest BCUT2D eigenvalue weighted by Gasteiger charge is -2.08. The number of nitrogens with zero attached hydrogens (tertiary/aromatic N) is 1. The lowest BCUT2D eigenvalue weighted by Crippen LogP contribution is -2.15. The molecule has 0 unspecified atom stereocenters. The lowest BCUT2D eigenvalue weighted by atomic mass is 10.2. The van der Waals surface area contributed by atoms with Gasteiger partial charge in [-0.2, -0.15) is 0 Å². The average Bonchev–Trinajstić information content (AvgIpc) is 2.60. The number of nitro groups is 1. The summed E-state index contributed by atoms with van der Waals surface area (Å²) < 4.78 is 5.02. The number of benzene rings is 2. The van der Waals surface area contributed by atoms with Crippen molar-refractivity contribution in [2.24, 2.45) is 0 Å². The van der Waals surface area contributed by atoms with Crippen LogP contribution in [0, 0.1) is 17.0 Å². The molecule has 7 nitrogen and oxygen atoms in total. The Morgan fingerprint density at radius 3 is 2.48 bits per heavy atom. The van der Waals surface area contributed by atoms with Crippen LogP contribution < -0.4 is 5.32 Å². The molecule has 0 aromatic heterocycles. The lowest BCUT2D eigenvalue weighted by molar-refractivity contribution is -0.385. The largest absolute Gasteiger partial charge is 0.461 e.